The maximum atomic E-state index is 5.25. The number of hydrogen-bond donors (Lipinski definition) is 1. The Hall–Kier alpha value is -1.16. The van der Waals surface area contributed by atoms with Crippen molar-refractivity contribution >= 4 is 5.82 Å². The Morgan fingerprint density at radius 2 is 2.20 bits per heavy atom. The second kappa shape index (κ2) is 6.08. The molecule has 2 aliphatic carbocycles. The predicted octanol–water partition coefficient (Wildman–Crippen LogP) is 3.35. The van der Waals surface area contributed by atoms with E-state index >= 15 is 0 Å². The minimum absolute atomic E-state index is 0.567. The van der Waals surface area contributed by atoms with Crippen LogP contribution in [-0.4, -0.2) is 23.6 Å². The minimum Gasteiger partial charge on any atom is -0.378 e. The zero-order valence-electron chi connectivity index (χ0n) is 12.6. The van der Waals surface area contributed by atoms with Gasteiger partial charge in [0.2, 0.25) is 0 Å². The molecule has 1 heterocycles. The van der Waals surface area contributed by atoms with Crippen LogP contribution in [0.15, 0.2) is 6.07 Å². The molecule has 2 aliphatic rings. The number of nitrogens with one attached hydrogen (secondary N) is 1. The quantitative estimate of drug-likeness (QED) is 0.865. The highest BCUT2D eigenvalue weighted by molar-refractivity contribution is 5.36. The Morgan fingerprint density at radius 3 is 2.85 bits per heavy atom. The summed E-state index contributed by atoms with van der Waals surface area (Å²) in [6.07, 6.45) is 6.56. The maximum Gasteiger partial charge on any atom is 0.134 e. The van der Waals surface area contributed by atoms with E-state index in [2.05, 4.69) is 12.2 Å². The van der Waals surface area contributed by atoms with Gasteiger partial charge >= 0.3 is 0 Å². The van der Waals surface area contributed by atoms with Crippen molar-refractivity contribution < 1.29 is 4.74 Å². The van der Waals surface area contributed by atoms with Crippen molar-refractivity contribution in [2.75, 3.05) is 19.0 Å². The molecule has 110 valence electrons. The number of hydrogen-bond acceptors (Lipinski definition) is 4. The Balaban J connectivity index is 1.82. The summed E-state index contributed by atoms with van der Waals surface area (Å²) in [7, 11) is 1.72. The molecule has 1 N–H and O–H groups in total. The van der Waals surface area contributed by atoms with Gasteiger partial charge in [0.05, 0.1) is 12.3 Å². The van der Waals surface area contributed by atoms with Crippen LogP contribution >= 0.6 is 0 Å². The second-order valence-electron chi connectivity index (χ2n) is 6.24. The van der Waals surface area contributed by atoms with E-state index in [1.54, 1.807) is 7.11 Å². The van der Waals surface area contributed by atoms with Crippen molar-refractivity contribution in [2.24, 2.45) is 11.8 Å². The van der Waals surface area contributed by atoms with Gasteiger partial charge in [0.1, 0.15) is 11.6 Å². The summed E-state index contributed by atoms with van der Waals surface area (Å²) in [6, 6.07) is 2.02. The normalized spacial score (nSPS) is 28.0. The maximum absolute atomic E-state index is 5.25. The topological polar surface area (TPSA) is 47.0 Å². The molecular formula is C16H25N3O. The molecule has 1 aromatic heterocycles. The first-order valence-corrected chi connectivity index (χ1v) is 7.90. The van der Waals surface area contributed by atoms with Crippen LogP contribution in [0.1, 0.15) is 56.5 Å². The molecule has 1 aromatic rings. The molecule has 0 radical (unpaired) electrons. The Labute approximate surface area is 121 Å². The molecule has 3 unspecified atom stereocenters. The molecule has 3 atom stereocenters. The van der Waals surface area contributed by atoms with E-state index in [-0.39, 0.29) is 0 Å². The van der Waals surface area contributed by atoms with Gasteiger partial charge in [-0.25, -0.2) is 9.97 Å². The molecule has 2 fully saturated rings. The van der Waals surface area contributed by atoms with Crippen LogP contribution in [-0.2, 0) is 11.3 Å². The zero-order valence-corrected chi connectivity index (χ0v) is 12.6. The van der Waals surface area contributed by atoms with Crippen molar-refractivity contribution in [3.05, 3.63) is 17.6 Å². The van der Waals surface area contributed by atoms with Crippen molar-refractivity contribution in [2.45, 2.75) is 51.6 Å². The highest BCUT2D eigenvalue weighted by atomic mass is 16.5. The second-order valence-corrected chi connectivity index (χ2v) is 6.24. The molecule has 4 heteroatoms. The first-order valence-electron chi connectivity index (χ1n) is 7.90. The molecular weight excluding hydrogens is 250 g/mol. The fourth-order valence-electron chi connectivity index (χ4n) is 3.81. The molecule has 0 spiro atoms. The van der Waals surface area contributed by atoms with Gasteiger partial charge in [-0.2, -0.15) is 0 Å². The van der Waals surface area contributed by atoms with E-state index in [0.717, 1.165) is 42.1 Å². The fourth-order valence-corrected chi connectivity index (χ4v) is 3.81. The number of rotatable bonds is 6. The summed E-state index contributed by atoms with van der Waals surface area (Å²) in [5, 5.41) is 3.39. The lowest BCUT2D eigenvalue weighted by Crippen LogP contribution is -2.15. The number of methoxy groups -OCH3 is 1. The fraction of sp³-hybridized carbons (Fsp3) is 0.750. The van der Waals surface area contributed by atoms with Gasteiger partial charge in [-0.05, 0) is 37.5 Å². The van der Waals surface area contributed by atoms with Crippen LogP contribution in [0.2, 0.25) is 0 Å². The van der Waals surface area contributed by atoms with Gasteiger partial charge in [-0.3, -0.25) is 0 Å². The largest absolute Gasteiger partial charge is 0.378 e. The SMILES string of the molecule is CCCNc1cc(COC)nc(C2CC3CCC2C3)n1. The Morgan fingerprint density at radius 1 is 1.30 bits per heavy atom. The summed E-state index contributed by atoms with van der Waals surface area (Å²) < 4.78 is 5.25. The molecule has 0 aliphatic heterocycles. The molecule has 4 nitrogen and oxygen atoms in total. The first-order chi connectivity index (χ1) is 9.80. The number of fused-ring (bicyclic) bond motifs is 2. The van der Waals surface area contributed by atoms with Gasteiger partial charge in [-0.1, -0.05) is 13.3 Å². The van der Waals surface area contributed by atoms with Crippen molar-refractivity contribution in [3.63, 3.8) is 0 Å². The first kappa shape index (κ1) is 13.8. The average molecular weight is 275 g/mol. The molecule has 2 bridgehead atoms. The van der Waals surface area contributed by atoms with E-state index in [4.69, 9.17) is 14.7 Å². The molecule has 0 aromatic carbocycles. The van der Waals surface area contributed by atoms with E-state index in [9.17, 15) is 0 Å². The number of anilines is 1. The third-order valence-corrected chi connectivity index (χ3v) is 4.71. The summed E-state index contributed by atoms with van der Waals surface area (Å²) >= 11 is 0. The van der Waals surface area contributed by atoms with Gasteiger partial charge in [0.15, 0.2) is 0 Å². The molecule has 0 amide bonds. The van der Waals surface area contributed by atoms with Crippen molar-refractivity contribution in [3.8, 4) is 0 Å². The van der Waals surface area contributed by atoms with Crippen LogP contribution < -0.4 is 5.32 Å². The van der Waals surface area contributed by atoms with Crippen LogP contribution in [0.3, 0.4) is 0 Å². The van der Waals surface area contributed by atoms with Gasteiger partial charge < -0.3 is 10.1 Å². The molecule has 0 saturated heterocycles. The summed E-state index contributed by atoms with van der Waals surface area (Å²) in [6.45, 7) is 3.69. The minimum atomic E-state index is 0.567. The number of ether oxygens (including phenoxy) is 1. The standard InChI is InChI=1S/C16H25N3O/c1-3-6-17-15-9-13(10-20-2)18-16(19-15)14-8-11-4-5-12(14)7-11/h9,11-12,14H,3-8,10H2,1-2H3,(H,17,18,19). The highest BCUT2D eigenvalue weighted by Crippen LogP contribution is 2.52. The molecule has 3 rings (SSSR count). The van der Waals surface area contributed by atoms with Gasteiger partial charge in [-0.15, -0.1) is 0 Å². The highest BCUT2D eigenvalue weighted by Gasteiger charge is 2.41. The lowest BCUT2D eigenvalue weighted by Gasteiger charge is -2.21. The van der Waals surface area contributed by atoms with Crippen molar-refractivity contribution in [1.29, 1.82) is 0 Å². The monoisotopic (exact) mass is 275 g/mol. The van der Waals surface area contributed by atoms with Crippen LogP contribution in [0.4, 0.5) is 5.82 Å². The van der Waals surface area contributed by atoms with E-state index < -0.39 is 0 Å². The lowest BCUT2D eigenvalue weighted by molar-refractivity contribution is 0.181. The predicted molar refractivity (Wildman–Crippen MR) is 79.7 cm³/mol. The Kier molecular flexibility index (Phi) is 4.20. The molecule has 2 saturated carbocycles. The summed E-state index contributed by atoms with van der Waals surface area (Å²) in [5.74, 6) is 4.33. The third-order valence-electron chi connectivity index (χ3n) is 4.71. The number of nitrogens with zero attached hydrogens (tertiary/aromatic N) is 2. The van der Waals surface area contributed by atoms with Gasteiger partial charge in [0, 0.05) is 25.6 Å². The smallest absolute Gasteiger partial charge is 0.134 e. The lowest BCUT2D eigenvalue weighted by atomic mass is 9.88. The van der Waals surface area contributed by atoms with Crippen molar-refractivity contribution in [1.82, 2.24) is 9.97 Å². The summed E-state index contributed by atoms with van der Waals surface area (Å²) in [5.41, 5.74) is 0.999. The van der Waals surface area contributed by atoms with Crippen LogP contribution in [0.25, 0.3) is 0 Å². The average Bonchev–Trinajstić information content (AvgIpc) is 3.08. The molecule has 20 heavy (non-hydrogen) atoms. The van der Waals surface area contributed by atoms with E-state index in [1.165, 1.54) is 25.7 Å². The zero-order chi connectivity index (χ0) is 13.9. The Bertz CT molecular complexity index is 463. The van der Waals surface area contributed by atoms with E-state index in [1.807, 2.05) is 6.07 Å². The van der Waals surface area contributed by atoms with Crippen LogP contribution in [0.5, 0.6) is 0 Å². The van der Waals surface area contributed by atoms with E-state index in [0.29, 0.717) is 12.5 Å². The van der Waals surface area contributed by atoms with Crippen LogP contribution in [0, 0.1) is 11.8 Å². The van der Waals surface area contributed by atoms with Gasteiger partial charge in [0.25, 0.3) is 0 Å². The summed E-state index contributed by atoms with van der Waals surface area (Å²) in [4.78, 5) is 9.53. The number of aromatic nitrogens is 2. The third kappa shape index (κ3) is 2.80.